The number of phosphoric ester groups is 1. The van der Waals surface area contributed by atoms with Gasteiger partial charge in [0.05, 0.1) is 13.2 Å². The lowest BCUT2D eigenvalue weighted by atomic mass is 10.2. The maximum atomic E-state index is 12.6. The summed E-state index contributed by atoms with van der Waals surface area (Å²) in [6.45, 7) is 2.43. The van der Waals surface area contributed by atoms with Crippen LogP contribution in [0.5, 0.6) is 0 Å². The lowest BCUT2D eigenvalue weighted by molar-refractivity contribution is -0.161. The van der Waals surface area contributed by atoms with Crippen LogP contribution in [0.3, 0.4) is 0 Å². The number of nitrogens with two attached hydrogens (primary N) is 1. The van der Waals surface area contributed by atoms with E-state index in [1.54, 1.807) is 0 Å². The molecule has 3 atom stereocenters. The number of hydrogen-bond acceptors (Lipinski definition) is 9. The van der Waals surface area contributed by atoms with Crippen LogP contribution >= 0.6 is 7.82 Å². The predicted molar refractivity (Wildman–Crippen MR) is 226 cm³/mol. The van der Waals surface area contributed by atoms with Gasteiger partial charge in [-0.1, -0.05) is 123 Å². The zero-order valence-electron chi connectivity index (χ0n) is 33.7. The van der Waals surface area contributed by atoms with Crippen molar-refractivity contribution in [1.82, 2.24) is 0 Å². The number of carbonyl (C=O) groups is 3. The van der Waals surface area contributed by atoms with Gasteiger partial charge in [-0.25, -0.2) is 4.57 Å². The van der Waals surface area contributed by atoms with E-state index >= 15 is 0 Å². The number of rotatable bonds is 35. The zero-order valence-corrected chi connectivity index (χ0v) is 34.6. The summed E-state index contributed by atoms with van der Waals surface area (Å²) in [6.07, 6.45) is 48.8. The van der Waals surface area contributed by atoms with E-state index in [2.05, 4.69) is 116 Å². The largest absolute Gasteiger partial charge is 0.480 e. The Morgan fingerprint density at radius 2 is 0.946 bits per heavy atom. The molecule has 0 aromatic heterocycles. The molecule has 0 saturated carbocycles. The second-order valence-corrected chi connectivity index (χ2v) is 14.1. The summed E-state index contributed by atoms with van der Waals surface area (Å²) in [4.78, 5) is 45.8. The monoisotopic (exact) mass is 801 g/mol. The molecule has 0 aromatic carbocycles. The van der Waals surface area contributed by atoms with Crippen molar-refractivity contribution >= 4 is 25.7 Å². The molecule has 0 fully saturated rings. The van der Waals surface area contributed by atoms with Gasteiger partial charge >= 0.3 is 25.7 Å². The molecule has 0 aliphatic carbocycles. The minimum Gasteiger partial charge on any atom is -0.480 e. The molecule has 0 aromatic rings. The lowest BCUT2D eigenvalue weighted by Crippen LogP contribution is -2.34. The molecule has 0 aliphatic rings. The summed E-state index contributed by atoms with van der Waals surface area (Å²) in [7, 11) is -4.75. The maximum Gasteiger partial charge on any atom is 0.472 e. The Labute approximate surface area is 336 Å². The lowest BCUT2D eigenvalue weighted by Gasteiger charge is -2.20. The van der Waals surface area contributed by atoms with Crippen LogP contribution in [0.2, 0.25) is 0 Å². The average Bonchev–Trinajstić information content (AvgIpc) is 3.17. The molecule has 314 valence electrons. The molecule has 0 radical (unpaired) electrons. The Kier molecular flexibility index (Phi) is 35.4. The van der Waals surface area contributed by atoms with Gasteiger partial charge in [0.15, 0.2) is 6.10 Å². The van der Waals surface area contributed by atoms with Crippen LogP contribution in [0.25, 0.3) is 0 Å². The molecule has 12 heteroatoms. The Balaban J connectivity index is 4.62. The van der Waals surface area contributed by atoms with Gasteiger partial charge in [-0.2, -0.15) is 0 Å². The first-order valence-electron chi connectivity index (χ1n) is 19.9. The number of carboxylic acid groups (broad SMARTS) is 1. The van der Waals surface area contributed by atoms with E-state index in [1.165, 1.54) is 0 Å². The fourth-order valence-corrected chi connectivity index (χ4v) is 5.22. The molecular weight excluding hydrogens is 733 g/mol. The number of aliphatic carboxylic acids is 1. The van der Waals surface area contributed by atoms with Crippen LogP contribution in [-0.2, 0) is 37.5 Å². The number of ether oxygens (including phenoxy) is 2. The molecule has 0 amide bonds. The predicted octanol–water partition coefficient (Wildman–Crippen LogP) is 10.3. The molecule has 0 heterocycles. The second kappa shape index (κ2) is 38.0. The molecular formula is C44H68NO10P. The highest BCUT2D eigenvalue weighted by molar-refractivity contribution is 7.47. The number of allylic oxidation sites excluding steroid dienone is 18. The third-order valence-electron chi connectivity index (χ3n) is 7.52. The summed E-state index contributed by atoms with van der Waals surface area (Å²) in [5.74, 6) is -2.53. The third kappa shape index (κ3) is 37.1. The van der Waals surface area contributed by atoms with Crippen LogP contribution in [0, 0.1) is 0 Å². The standard InChI is InChI=1S/C44H68NO10P/c1-3-5-7-9-11-13-15-17-19-20-22-24-26-28-30-32-34-36-43(47)55-40(38-53-56(50,51)54-39-41(45)44(48)49)37-52-42(46)35-33-31-29-27-25-23-21-18-16-14-12-10-8-6-4-2/h5-8,11-14,17-19,21-22,24-25,27-28,30,40-41H,3-4,9-10,15-16,20,23,26,29,31-39,45H2,1-2H3,(H,48,49)(H,50,51)/b7-5+,8-6+,13-11+,14-12+,19-17+,21-18+,24-22+,27-25+,30-28+/t40-,41+/m1/s1. The van der Waals surface area contributed by atoms with Gasteiger partial charge in [-0.3, -0.25) is 23.4 Å². The van der Waals surface area contributed by atoms with E-state index < -0.39 is 57.7 Å². The number of hydrogen-bond donors (Lipinski definition) is 3. The number of unbranched alkanes of at least 4 members (excludes halogenated alkanes) is 3. The van der Waals surface area contributed by atoms with Crippen LogP contribution in [-0.4, -0.2) is 59.9 Å². The molecule has 56 heavy (non-hydrogen) atoms. The SMILES string of the molecule is CC/C=C/C/C=C/C/C=C/C/C=C/C/C=C/CCCC(=O)O[C@H](COC(=O)CCCC/C=C/C/C=C/C/C=C/C/C=C/CC)COP(=O)(O)OC[C@H](N)C(=O)O. The van der Waals surface area contributed by atoms with E-state index in [0.29, 0.717) is 19.3 Å². The average molecular weight is 802 g/mol. The van der Waals surface area contributed by atoms with Crippen LogP contribution in [0.4, 0.5) is 0 Å². The summed E-state index contributed by atoms with van der Waals surface area (Å²) >= 11 is 0. The van der Waals surface area contributed by atoms with Gasteiger partial charge in [-0.05, 0) is 89.9 Å². The molecule has 0 saturated heterocycles. The number of esters is 2. The van der Waals surface area contributed by atoms with Crippen LogP contribution in [0.15, 0.2) is 109 Å². The van der Waals surface area contributed by atoms with E-state index in [0.717, 1.165) is 70.6 Å². The van der Waals surface area contributed by atoms with Crippen molar-refractivity contribution in [3.63, 3.8) is 0 Å². The first-order chi connectivity index (χ1) is 27.1. The second-order valence-electron chi connectivity index (χ2n) is 12.6. The van der Waals surface area contributed by atoms with E-state index in [4.69, 9.17) is 24.8 Å². The van der Waals surface area contributed by atoms with Crippen molar-refractivity contribution in [3.05, 3.63) is 109 Å². The quantitative estimate of drug-likeness (QED) is 0.0241. The minimum atomic E-state index is -4.75. The van der Waals surface area contributed by atoms with Gasteiger partial charge in [0.25, 0.3) is 0 Å². The first-order valence-corrected chi connectivity index (χ1v) is 21.4. The molecule has 0 aliphatic heterocycles. The highest BCUT2D eigenvalue weighted by atomic mass is 31.2. The Hall–Kier alpha value is -3.86. The third-order valence-corrected chi connectivity index (χ3v) is 8.47. The van der Waals surface area contributed by atoms with E-state index in [-0.39, 0.29) is 12.8 Å². The van der Waals surface area contributed by atoms with Gasteiger partial charge in [-0.15, -0.1) is 0 Å². The van der Waals surface area contributed by atoms with Crippen LogP contribution < -0.4 is 5.73 Å². The van der Waals surface area contributed by atoms with Crippen molar-refractivity contribution in [2.24, 2.45) is 5.73 Å². The number of phosphoric acid groups is 1. The highest BCUT2D eigenvalue weighted by Gasteiger charge is 2.28. The summed E-state index contributed by atoms with van der Waals surface area (Å²) in [5.41, 5.74) is 5.31. The topological polar surface area (TPSA) is 172 Å². The van der Waals surface area contributed by atoms with E-state index in [1.807, 2.05) is 12.2 Å². The maximum absolute atomic E-state index is 12.6. The number of carbonyl (C=O) groups excluding carboxylic acids is 2. The van der Waals surface area contributed by atoms with Crippen molar-refractivity contribution in [1.29, 1.82) is 0 Å². The van der Waals surface area contributed by atoms with Gasteiger partial charge in [0.1, 0.15) is 12.6 Å². The van der Waals surface area contributed by atoms with Crippen molar-refractivity contribution in [2.75, 3.05) is 19.8 Å². The molecule has 11 nitrogen and oxygen atoms in total. The normalized spacial score (nSPS) is 14.9. The summed E-state index contributed by atoms with van der Waals surface area (Å²) in [5, 5.41) is 8.87. The van der Waals surface area contributed by atoms with Crippen molar-refractivity contribution in [3.8, 4) is 0 Å². The fourth-order valence-electron chi connectivity index (χ4n) is 4.44. The van der Waals surface area contributed by atoms with Gasteiger partial charge in [0, 0.05) is 12.8 Å². The zero-order chi connectivity index (χ0) is 41.4. The smallest absolute Gasteiger partial charge is 0.472 e. The number of carboxylic acids is 1. The minimum absolute atomic E-state index is 0.0663. The van der Waals surface area contributed by atoms with Crippen LogP contribution in [0.1, 0.15) is 117 Å². The molecule has 4 N–H and O–H groups in total. The molecule has 0 rings (SSSR count). The molecule has 0 spiro atoms. The van der Waals surface area contributed by atoms with Crippen molar-refractivity contribution in [2.45, 2.75) is 129 Å². The molecule has 0 bridgehead atoms. The van der Waals surface area contributed by atoms with Crippen molar-refractivity contribution < 1.29 is 47.5 Å². The highest BCUT2D eigenvalue weighted by Crippen LogP contribution is 2.43. The van der Waals surface area contributed by atoms with Gasteiger partial charge in [0.2, 0.25) is 0 Å². The van der Waals surface area contributed by atoms with E-state index in [9.17, 15) is 23.8 Å². The summed E-state index contributed by atoms with van der Waals surface area (Å²) < 4.78 is 32.5. The first kappa shape index (κ1) is 52.1. The summed E-state index contributed by atoms with van der Waals surface area (Å²) in [6, 6.07) is -1.54. The Morgan fingerprint density at radius 3 is 1.39 bits per heavy atom. The molecule has 1 unspecified atom stereocenters. The Bertz CT molecular complexity index is 1360. The Morgan fingerprint density at radius 1 is 0.554 bits per heavy atom. The fraction of sp³-hybridized carbons (Fsp3) is 0.523. The van der Waals surface area contributed by atoms with Gasteiger partial charge < -0.3 is 25.2 Å².